The highest BCUT2D eigenvalue weighted by Crippen LogP contribution is 2.40. The average molecular weight is 360 g/mol. The van der Waals surface area contributed by atoms with Crippen LogP contribution in [0.5, 0.6) is 5.75 Å². The van der Waals surface area contributed by atoms with Crippen molar-refractivity contribution in [2.75, 3.05) is 0 Å². The Morgan fingerprint density at radius 3 is 2.30 bits per heavy atom. The number of benzene rings is 3. The van der Waals surface area contributed by atoms with Crippen molar-refractivity contribution in [1.29, 1.82) is 0 Å². The van der Waals surface area contributed by atoms with Crippen LogP contribution in [0.3, 0.4) is 0 Å². The SMILES string of the molecule is CCCCCc1ccccc1-c1cccc(OC(=O)O)c1-c1ccccc1. The fraction of sp³-hybridized carbons (Fsp3) is 0.208. The summed E-state index contributed by atoms with van der Waals surface area (Å²) in [6, 6.07) is 23.7. The molecule has 3 aromatic rings. The van der Waals surface area contributed by atoms with Crippen LogP contribution in [0, 0.1) is 0 Å². The molecule has 0 amide bonds. The van der Waals surface area contributed by atoms with Gasteiger partial charge in [-0.25, -0.2) is 4.79 Å². The van der Waals surface area contributed by atoms with Crippen molar-refractivity contribution < 1.29 is 14.6 Å². The second kappa shape index (κ2) is 9.04. The van der Waals surface area contributed by atoms with Crippen LogP contribution in [-0.4, -0.2) is 11.3 Å². The summed E-state index contributed by atoms with van der Waals surface area (Å²) in [6.07, 6.45) is 3.21. The molecule has 0 saturated carbocycles. The van der Waals surface area contributed by atoms with Gasteiger partial charge in [0.05, 0.1) is 0 Å². The van der Waals surface area contributed by atoms with Gasteiger partial charge in [0.1, 0.15) is 5.75 Å². The van der Waals surface area contributed by atoms with Crippen molar-refractivity contribution >= 4 is 6.16 Å². The van der Waals surface area contributed by atoms with Crippen LogP contribution in [0.25, 0.3) is 22.3 Å². The Balaban J connectivity index is 2.15. The number of carbonyl (C=O) groups is 1. The Bertz CT molecular complexity index is 901. The zero-order valence-corrected chi connectivity index (χ0v) is 15.5. The fourth-order valence-electron chi connectivity index (χ4n) is 3.40. The quantitative estimate of drug-likeness (QED) is 0.286. The Morgan fingerprint density at radius 2 is 1.56 bits per heavy atom. The molecule has 0 fully saturated rings. The van der Waals surface area contributed by atoms with Gasteiger partial charge in [-0.3, -0.25) is 0 Å². The van der Waals surface area contributed by atoms with Crippen LogP contribution in [0.4, 0.5) is 4.79 Å². The van der Waals surface area contributed by atoms with E-state index in [2.05, 4.69) is 25.1 Å². The molecule has 3 nitrogen and oxygen atoms in total. The first-order valence-corrected chi connectivity index (χ1v) is 9.38. The summed E-state index contributed by atoms with van der Waals surface area (Å²) in [4.78, 5) is 11.2. The van der Waals surface area contributed by atoms with Gasteiger partial charge in [-0.05, 0) is 41.2 Å². The van der Waals surface area contributed by atoms with E-state index in [9.17, 15) is 9.90 Å². The van der Waals surface area contributed by atoms with Crippen molar-refractivity contribution in [2.45, 2.75) is 32.6 Å². The molecule has 0 aliphatic rings. The summed E-state index contributed by atoms with van der Waals surface area (Å²) < 4.78 is 5.12. The number of hydrogen-bond acceptors (Lipinski definition) is 2. The maximum absolute atomic E-state index is 11.2. The molecule has 0 unspecified atom stereocenters. The number of rotatable bonds is 7. The van der Waals surface area contributed by atoms with E-state index < -0.39 is 6.16 Å². The van der Waals surface area contributed by atoms with E-state index in [0.717, 1.165) is 35.1 Å². The Morgan fingerprint density at radius 1 is 0.852 bits per heavy atom. The van der Waals surface area contributed by atoms with Crippen molar-refractivity contribution in [2.24, 2.45) is 0 Å². The van der Waals surface area contributed by atoms with Crippen LogP contribution in [0.15, 0.2) is 72.8 Å². The molecule has 3 heteroatoms. The molecule has 0 aliphatic carbocycles. The molecule has 1 N–H and O–H groups in total. The first-order valence-electron chi connectivity index (χ1n) is 9.38. The van der Waals surface area contributed by atoms with Gasteiger partial charge in [0.2, 0.25) is 0 Å². The van der Waals surface area contributed by atoms with Crippen LogP contribution >= 0.6 is 0 Å². The van der Waals surface area contributed by atoms with Crippen molar-refractivity contribution in [3.8, 4) is 28.0 Å². The van der Waals surface area contributed by atoms with Gasteiger partial charge in [-0.2, -0.15) is 0 Å². The predicted molar refractivity (Wildman–Crippen MR) is 109 cm³/mol. The summed E-state index contributed by atoms with van der Waals surface area (Å²) in [5.41, 5.74) is 5.14. The predicted octanol–water partition coefficient (Wildman–Crippen LogP) is 6.81. The van der Waals surface area contributed by atoms with Gasteiger partial charge in [0.25, 0.3) is 0 Å². The van der Waals surface area contributed by atoms with Crippen molar-refractivity contribution in [1.82, 2.24) is 0 Å². The number of ether oxygens (including phenoxy) is 1. The third kappa shape index (κ3) is 4.56. The maximum Gasteiger partial charge on any atom is 0.511 e. The molecule has 27 heavy (non-hydrogen) atoms. The van der Waals surface area contributed by atoms with Gasteiger partial charge in [0, 0.05) is 5.56 Å². The number of unbranched alkanes of at least 4 members (excludes halogenated alkanes) is 2. The lowest BCUT2D eigenvalue weighted by Gasteiger charge is -2.17. The highest BCUT2D eigenvalue weighted by Gasteiger charge is 2.17. The summed E-state index contributed by atoms with van der Waals surface area (Å²) in [5.74, 6) is 0.356. The molecule has 0 aromatic heterocycles. The minimum Gasteiger partial charge on any atom is -0.449 e. The molecule has 0 bridgehead atoms. The molecule has 0 aliphatic heterocycles. The van der Waals surface area contributed by atoms with E-state index in [0.29, 0.717) is 5.75 Å². The van der Waals surface area contributed by atoms with Gasteiger partial charge in [-0.15, -0.1) is 0 Å². The summed E-state index contributed by atoms with van der Waals surface area (Å²) in [7, 11) is 0. The monoisotopic (exact) mass is 360 g/mol. The van der Waals surface area contributed by atoms with Crippen molar-refractivity contribution in [3.05, 3.63) is 78.4 Å². The standard InChI is InChI=1S/C24H24O3/c1-2-3-5-11-18-12-8-9-15-20(18)21-16-10-17-22(27-24(25)26)23(21)19-13-6-4-7-14-19/h4,6-10,12-17H,2-3,5,11H2,1H3,(H,25,26). The summed E-state index contributed by atoms with van der Waals surface area (Å²) in [5, 5.41) is 9.18. The fourth-order valence-corrected chi connectivity index (χ4v) is 3.40. The van der Waals surface area contributed by atoms with E-state index in [4.69, 9.17) is 4.74 Å². The topological polar surface area (TPSA) is 46.5 Å². The first-order chi connectivity index (χ1) is 13.2. The largest absolute Gasteiger partial charge is 0.511 e. The lowest BCUT2D eigenvalue weighted by atomic mass is 9.89. The number of hydrogen-bond donors (Lipinski definition) is 1. The Labute approximate surface area is 160 Å². The van der Waals surface area contributed by atoms with E-state index in [1.807, 2.05) is 48.5 Å². The smallest absolute Gasteiger partial charge is 0.449 e. The zero-order chi connectivity index (χ0) is 19.1. The molecule has 138 valence electrons. The number of carboxylic acid groups (broad SMARTS) is 1. The summed E-state index contributed by atoms with van der Waals surface area (Å²) in [6.45, 7) is 2.20. The first kappa shape index (κ1) is 18.7. The molecule has 3 rings (SSSR count). The van der Waals surface area contributed by atoms with E-state index >= 15 is 0 Å². The minimum absolute atomic E-state index is 0.356. The summed E-state index contributed by atoms with van der Waals surface area (Å²) >= 11 is 0. The molecular formula is C24H24O3. The van der Waals surface area contributed by atoms with Crippen LogP contribution in [0.1, 0.15) is 31.7 Å². The highest BCUT2D eigenvalue weighted by atomic mass is 16.7. The normalized spacial score (nSPS) is 10.6. The highest BCUT2D eigenvalue weighted by molar-refractivity contribution is 5.89. The van der Waals surface area contributed by atoms with E-state index in [1.165, 1.54) is 18.4 Å². The van der Waals surface area contributed by atoms with Crippen LogP contribution in [0.2, 0.25) is 0 Å². The molecule has 3 aromatic carbocycles. The molecule has 0 saturated heterocycles. The Hall–Kier alpha value is -3.07. The van der Waals surface area contributed by atoms with Crippen LogP contribution < -0.4 is 4.74 Å². The molecule has 0 heterocycles. The lowest BCUT2D eigenvalue weighted by molar-refractivity contribution is 0.144. The Kier molecular flexibility index (Phi) is 6.26. The average Bonchev–Trinajstić information content (AvgIpc) is 2.69. The van der Waals surface area contributed by atoms with Gasteiger partial charge in [-0.1, -0.05) is 86.5 Å². The minimum atomic E-state index is -1.31. The van der Waals surface area contributed by atoms with Crippen LogP contribution in [-0.2, 0) is 6.42 Å². The third-order valence-electron chi connectivity index (χ3n) is 4.64. The lowest BCUT2D eigenvalue weighted by Crippen LogP contribution is -2.05. The van der Waals surface area contributed by atoms with Crippen molar-refractivity contribution in [3.63, 3.8) is 0 Å². The van der Waals surface area contributed by atoms with Gasteiger partial charge >= 0.3 is 6.16 Å². The van der Waals surface area contributed by atoms with E-state index in [1.54, 1.807) is 6.07 Å². The molecular weight excluding hydrogens is 336 g/mol. The molecule has 0 atom stereocenters. The van der Waals surface area contributed by atoms with E-state index in [-0.39, 0.29) is 0 Å². The third-order valence-corrected chi connectivity index (χ3v) is 4.64. The maximum atomic E-state index is 11.2. The number of aryl methyl sites for hydroxylation is 1. The zero-order valence-electron chi connectivity index (χ0n) is 15.5. The second-order valence-corrected chi connectivity index (χ2v) is 6.53. The van der Waals surface area contributed by atoms with Gasteiger partial charge in [0.15, 0.2) is 0 Å². The molecule has 0 radical (unpaired) electrons. The van der Waals surface area contributed by atoms with Gasteiger partial charge < -0.3 is 9.84 Å². The second-order valence-electron chi connectivity index (χ2n) is 6.53. The molecule has 0 spiro atoms.